The van der Waals surface area contributed by atoms with E-state index in [4.69, 9.17) is 5.73 Å². The van der Waals surface area contributed by atoms with E-state index in [1.54, 1.807) is 4.40 Å². The summed E-state index contributed by atoms with van der Waals surface area (Å²) in [7, 11) is 0. The van der Waals surface area contributed by atoms with Crippen molar-refractivity contribution >= 4 is 34.4 Å². The molecule has 0 aliphatic carbocycles. The van der Waals surface area contributed by atoms with Crippen molar-refractivity contribution in [1.82, 2.24) is 14.4 Å². The number of anilines is 1. The Morgan fingerprint density at radius 1 is 1.33 bits per heavy atom. The maximum Gasteiger partial charge on any atom is 0.207 e. The van der Waals surface area contributed by atoms with Gasteiger partial charge in [-0.1, -0.05) is 12.1 Å². The summed E-state index contributed by atoms with van der Waals surface area (Å²) in [5.41, 5.74) is 8.66. The van der Waals surface area contributed by atoms with Crippen LogP contribution in [0.1, 0.15) is 5.56 Å². The highest BCUT2D eigenvalue weighted by Crippen LogP contribution is 2.27. The van der Waals surface area contributed by atoms with Crippen molar-refractivity contribution in [1.29, 1.82) is 5.26 Å². The van der Waals surface area contributed by atoms with Crippen LogP contribution < -0.4 is 5.73 Å². The first-order valence-electron chi connectivity index (χ1n) is 5.27. The third kappa shape index (κ3) is 1.34. The van der Waals surface area contributed by atoms with Crippen molar-refractivity contribution < 1.29 is 0 Å². The standard InChI is InChI=1S/C12H9N5S/c1-18-11-7(6-13)10-15-8-4-2-3-5-9(8)17(10)12(14)16-11/h2-5H,1H3,(H2,14,16). The molecule has 0 radical (unpaired) electrons. The fourth-order valence-electron chi connectivity index (χ4n) is 1.98. The van der Waals surface area contributed by atoms with E-state index in [0.29, 0.717) is 22.2 Å². The Labute approximate surface area is 107 Å². The minimum Gasteiger partial charge on any atom is -0.369 e. The van der Waals surface area contributed by atoms with Crippen LogP contribution in [-0.4, -0.2) is 20.6 Å². The van der Waals surface area contributed by atoms with Crippen molar-refractivity contribution in [3.8, 4) is 6.07 Å². The third-order valence-electron chi connectivity index (χ3n) is 2.75. The monoisotopic (exact) mass is 255 g/mol. The second-order valence-corrected chi connectivity index (χ2v) is 4.52. The maximum atomic E-state index is 9.27. The van der Waals surface area contributed by atoms with Crippen molar-refractivity contribution in [2.45, 2.75) is 5.03 Å². The number of hydrogen-bond donors (Lipinski definition) is 1. The van der Waals surface area contributed by atoms with E-state index < -0.39 is 0 Å². The molecule has 0 aliphatic rings. The first-order chi connectivity index (χ1) is 8.76. The normalized spacial score (nSPS) is 10.9. The van der Waals surface area contributed by atoms with Gasteiger partial charge in [0.05, 0.1) is 11.0 Å². The summed E-state index contributed by atoms with van der Waals surface area (Å²) in [5, 5.41) is 9.88. The number of imidazole rings is 1. The minimum atomic E-state index is 0.349. The smallest absolute Gasteiger partial charge is 0.207 e. The molecule has 88 valence electrons. The lowest BCUT2D eigenvalue weighted by molar-refractivity contribution is 1.03. The molecule has 6 heteroatoms. The van der Waals surface area contributed by atoms with E-state index in [0.717, 1.165) is 11.0 Å². The third-order valence-corrected chi connectivity index (χ3v) is 3.43. The Morgan fingerprint density at radius 2 is 2.11 bits per heavy atom. The summed E-state index contributed by atoms with van der Waals surface area (Å²) in [4.78, 5) is 8.72. The molecule has 3 rings (SSSR count). The van der Waals surface area contributed by atoms with Gasteiger partial charge in [-0.25, -0.2) is 9.97 Å². The maximum absolute atomic E-state index is 9.27. The number of thioether (sulfide) groups is 1. The molecular weight excluding hydrogens is 246 g/mol. The molecule has 0 saturated carbocycles. The van der Waals surface area contributed by atoms with Crippen molar-refractivity contribution in [3.05, 3.63) is 29.8 Å². The van der Waals surface area contributed by atoms with Gasteiger partial charge in [0, 0.05) is 0 Å². The van der Waals surface area contributed by atoms with E-state index in [9.17, 15) is 5.26 Å². The van der Waals surface area contributed by atoms with E-state index in [1.165, 1.54) is 11.8 Å². The highest BCUT2D eigenvalue weighted by atomic mass is 32.2. The number of para-hydroxylation sites is 2. The summed E-state index contributed by atoms with van der Waals surface area (Å²) in [6, 6.07) is 9.77. The Kier molecular flexibility index (Phi) is 2.35. The zero-order valence-corrected chi connectivity index (χ0v) is 10.4. The Morgan fingerprint density at radius 3 is 2.83 bits per heavy atom. The zero-order valence-electron chi connectivity index (χ0n) is 9.58. The molecule has 0 bridgehead atoms. The minimum absolute atomic E-state index is 0.349. The molecule has 2 heterocycles. The molecule has 0 aliphatic heterocycles. The number of fused-ring (bicyclic) bond motifs is 3. The van der Waals surface area contributed by atoms with Crippen molar-refractivity contribution in [2.75, 3.05) is 12.0 Å². The summed E-state index contributed by atoms with van der Waals surface area (Å²) < 4.78 is 1.72. The van der Waals surface area contributed by atoms with Gasteiger partial charge in [-0.2, -0.15) is 5.26 Å². The largest absolute Gasteiger partial charge is 0.369 e. The van der Waals surface area contributed by atoms with Gasteiger partial charge in [0.2, 0.25) is 5.95 Å². The number of hydrogen-bond acceptors (Lipinski definition) is 5. The number of nitrogens with zero attached hydrogens (tertiary/aromatic N) is 4. The van der Waals surface area contributed by atoms with Gasteiger partial charge in [-0.15, -0.1) is 11.8 Å². The van der Waals surface area contributed by atoms with Crippen molar-refractivity contribution in [3.63, 3.8) is 0 Å². The molecule has 0 spiro atoms. The lowest BCUT2D eigenvalue weighted by Gasteiger charge is -2.05. The molecule has 3 aromatic rings. The number of nitrogens with two attached hydrogens (primary N) is 1. The molecule has 1 aromatic carbocycles. The second kappa shape index (κ2) is 3.89. The molecule has 5 nitrogen and oxygen atoms in total. The molecule has 2 N–H and O–H groups in total. The number of rotatable bonds is 1. The lowest BCUT2D eigenvalue weighted by Crippen LogP contribution is -2.04. The average molecular weight is 255 g/mol. The fraction of sp³-hybridized carbons (Fsp3) is 0.0833. The molecular formula is C12H9N5S. The van der Waals surface area contributed by atoms with Crippen LogP contribution in [-0.2, 0) is 0 Å². The van der Waals surface area contributed by atoms with E-state index in [1.807, 2.05) is 30.5 Å². The fourth-order valence-corrected chi connectivity index (χ4v) is 2.50. The molecule has 0 amide bonds. The first-order valence-corrected chi connectivity index (χ1v) is 6.49. The molecule has 0 saturated heterocycles. The molecule has 2 aromatic heterocycles. The van der Waals surface area contributed by atoms with Gasteiger partial charge in [0.25, 0.3) is 0 Å². The summed E-state index contributed by atoms with van der Waals surface area (Å²) in [5.74, 6) is 0.349. The van der Waals surface area contributed by atoms with Crippen LogP contribution >= 0.6 is 11.8 Å². The zero-order chi connectivity index (χ0) is 12.7. The van der Waals surface area contributed by atoms with Crippen LogP contribution in [0.2, 0.25) is 0 Å². The number of nitrogen functional groups attached to an aromatic ring is 1. The van der Waals surface area contributed by atoms with Gasteiger partial charge in [0.1, 0.15) is 16.7 Å². The van der Waals surface area contributed by atoms with Crippen LogP contribution in [0.5, 0.6) is 0 Å². The van der Waals surface area contributed by atoms with E-state index in [2.05, 4.69) is 16.0 Å². The van der Waals surface area contributed by atoms with Gasteiger partial charge >= 0.3 is 0 Å². The first kappa shape index (κ1) is 10.9. The highest BCUT2D eigenvalue weighted by molar-refractivity contribution is 7.98. The van der Waals surface area contributed by atoms with Crippen molar-refractivity contribution in [2.24, 2.45) is 0 Å². The highest BCUT2D eigenvalue weighted by Gasteiger charge is 2.16. The second-order valence-electron chi connectivity index (χ2n) is 3.73. The Bertz CT molecular complexity index is 799. The molecule has 0 unspecified atom stereocenters. The molecule has 18 heavy (non-hydrogen) atoms. The van der Waals surface area contributed by atoms with Crippen LogP contribution in [0, 0.1) is 11.3 Å². The van der Waals surface area contributed by atoms with Crippen LogP contribution in [0.25, 0.3) is 16.7 Å². The molecule has 0 fully saturated rings. The predicted molar refractivity (Wildman–Crippen MR) is 71.4 cm³/mol. The topological polar surface area (TPSA) is 80.0 Å². The number of benzene rings is 1. The summed E-state index contributed by atoms with van der Waals surface area (Å²) >= 11 is 1.39. The van der Waals surface area contributed by atoms with Crippen LogP contribution in [0.15, 0.2) is 29.3 Å². The lowest BCUT2D eigenvalue weighted by atomic mass is 10.3. The van der Waals surface area contributed by atoms with Gasteiger partial charge < -0.3 is 5.73 Å². The van der Waals surface area contributed by atoms with Crippen LogP contribution in [0.4, 0.5) is 5.95 Å². The van der Waals surface area contributed by atoms with Crippen LogP contribution in [0.3, 0.4) is 0 Å². The van der Waals surface area contributed by atoms with E-state index >= 15 is 0 Å². The molecule has 0 atom stereocenters. The van der Waals surface area contributed by atoms with E-state index in [-0.39, 0.29) is 0 Å². The number of nitriles is 1. The van der Waals surface area contributed by atoms with Gasteiger partial charge in [-0.3, -0.25) is 4.40 Å². The average Bonchev–Trinajstić information content (AvgIpc) is 2.78. The Hall–Kier alpha value is -2.26. The van der Waals surface area contributed by atoms with Gasteiger partial charge in [-0.05, 0) is 18.4 Å². The quantitative estimate of drug-likeness (QED) is 0.531. The number of aromatic nitrogens is 3. The van der Waals surface area contributed by atoms with Gasteiger partial charge in [0.15, 0.2) is 5.65 Å². The Balaban J connectivity index is 2.59. The SMILES string of the molecule is CSc1nc(N)n2c(nc3ccccc32)c1C#N. The summed E-state index contributed by atoms with van der Waals surface area (Å²) in [6.45, 7) is 0. The summed E-state index contributed by atoms with van der Waals surface area (Å²) in [6.07, 6.45) is 1.86. The predicted octanol–water partition coefficient (Wildman–Crippen LogP) is 2.06.